The van der Waals surface area contributed by atoms with Crippen LogP contribution in [0.2, 0.25) is 0 Å². The van der Waals surface area contributed by atoms with Crippen molar-refractivity contribution >= 4 is 0 Å². The standard InChI is InChI=1S/C16H19NO/c1-18-16-7-3-2-6-15(16)14-10-8-13(9-11-14)5-4-12-17/h2-3,6-11H,4-5,12,17H2,1H3. The highest BCUT2D eigenvalue weighted by molar-refractivity contribution is 5.70. The highest BCUT2D eigenvalue weighted by Crippen LogP contribution is 2.29. The lowest BCUT2D eigenvalue weighted by Crippen LogP contribution is -2.00. The van der Waals surface area contributed by atoms with Crippen molar-refractivity contribution in [2.75, 3.05) is 13.7 Å². The van der Waals surface area contributed by atoms with Crippen molar-refractivity contribution in [2.24, 2.45) is 5.73 Å². The van der Waals surface area contributed by atoms with E-state index in [2.05, 4.69) is 30.3 Å². The van der Waals surface area contributed by atoms with E-state index >= 15 is 0 Å². The van der Waals surface area contributed by atoms with Crippen LogP contribution in [0.4, 0.5) is 0 Å². The number of aryl methyl sites for hydroxylation is 1. The molecule has 0 atom stereocenters. The molecule has 0 spiro atoms. The lowest BCUT2D eigenvalue weighted by atomic mass is 10.0. The van der Waals surface area contributed by atoms with Crippen LogP contribution in [0.1, 0.15) is 12.0 Å². The molecule has 94 valence electrons. The summed E-state index contributed by atoms with van der Waals surface area (Å²) < 4.78 is 5.38. The summed E-state index contributed by atoms with van der Waals surface area (Å²) in [5, 5.41) is 0. The molecular formula is C16H19NO. The summed E-state index contributed by atoms with van der Waals surface area (Å²) >= 11 is 0. The molecule has 0 saturated carbocycles. The molecule has 0 aromatic heterocycles. The summed E-state index contributed by atoms with van der Waals surface area (Å²) in [6.45, 7) is 0.744. The van der Waals surface area contributed by atoms with Gasteiger partial charge in [0.15, 0.2) is 0 Å². The molecule has 0 radical (unpaired) electrons. The van der Waals surface area contributed by atoms with Gasteiger partial charge in [0, 0.05) is 5.56 Å². The number of hydrogen-bond donors (Lipinski definition) is 1. The maximum atomic E-state index is 5.52. The van der Waals surface area contributed by atoms with Gasteiger partial charge in [-0.15, -0.1) is 0 Å². The summed E-state index contributed by atoms with van der Waals surface area (Å²) in [5.41, 5.74) is 9.17. The number of rotatable bonds is 5. The number of methoxy groups -OCH3 is 1. The topological polar surface area (TPSA) is 35.2 Å². The van der Waals surface area contributed by atoms with Gasteiger partial charge in [-0.2, -0.15) is 0 Å². The Hall–Kier alpha value is -1.80. The Bertz CT molecular complexity index is 491. The van der Waals surface area contributed by atoms with Gasteiger partial charge in [-0.3, -0.25) is 0 Å². The highest BCUT2D eigenvalue weighted by Gasteiger charge is 2.04. The molecular weight excluding hydrogens is 222 g/mol. The summed E-state index contributed by atoms with van der Waals surface area (Å²) in [4.78, 5) is 0. The van der Waals surface area contributed by atoms with E-state index < -0.39 is 0 Å². The fraction of sp³-hybridized carbons (Fsp3) is 0.250. The normalized spacial score (nSPS) is 10.3. The van der Waals surface area contributed by atoms with E-state index in [-0.39, 0.29) is 0 Å². The average Bonchev–Trinajstić information content (AvgIpc) is 2.45. The second-order valence-corrected chi connectivity index (χ2v) is 4.29. The zero-order chi connectivity index (χ0) is 12.8. The first-order chi connectivity index (χ1) is 8.85. The van der Waals surface area contributed by atoms with Gasteiger partial charge in [0.25, 0.3) is 0 Å². The number of benzene rings is 2. The predicted octanol–water partition coefficient (Wildman–Crippen LogP) is 3.25. The predicted molar refractivity (Wildman–Crippen MR) is 75.8 cm³/mol. The summed E-state index contributed by atoms with van der Waals surface area (Å²) in [6, 6.07) is 16.7. The molecule has 2 N–H and O–H groups in total. The van der Waals surface area contributed by atoms with Crippen LogP contribution >= 0.6 is 0 Å². The van der Waals surface area contributed by atoms with Crippen LogP contribution in [-0.2, 0) is 6.42 Å². The lowest BCUT2D eigenvalue weighted by Gasteiger charge is -2.09. The van der Waals surface area contributed by atoms with Crippen LogP contribution in [0, 0.1) is 0 Å². The van der Waals surface area contributed by atoms with Crippen LogP contribution < -0.4 is 10.5 Å². The fourth-order valence-electron chi connectivity index (χ4n) is 2.04. The van der Waals surface area contributed by atoms with Crippen LogP contribution in [-0.4, -0.2) is 13.7 Å². The van der Waals surface area contributed by atoms with Crippen molar-refractivity contribution in [3.05, 3.63) is 54.1 Å². The first-order valence-corrected chi connectivity index (χ1v) is 6.27. The molecule has 0 aliphatic heterocycles. The van der Waals surface area contributed by atoms with E-state index in [0.717, 1.165) is 30.7 Å². The van der Waals surface area contributed by atoms with Gasteiger partial charge in [-0.1, -0.05) is 42.5 Å². The van der Waals surface area contributed by atoms with Gasteiger partial charge >= 0.3 is 0 Å². The molecule has 18 heavy (non-hydrogen) atoms. The van der Waals surface area contributed by atoms with Gasteiger partial charge in [-0.05, 0) is 36.6 Å². The second kappa shape index (κ2) is 6.22. The first kappa shape index (κ1) is 12.7. The maximum Gasteiger partial charge on any atom is 0.126 e. The summed E-state index contributed by atoms with van der Waals surface area (Å²) in [7, 11) is 1.70. The molecule has 2 aromatic carbocycles. The molecule has 0 bridgehead atoms. The monoisotopic (exact) mass is 241 g/mol. The quantitative estimate of drug-likeness (QED) is 0.872. The molecule has 0 saturated heterocycles. The van der Waals surface area contributed by atoms with Crippen molar-refractivity contribution in [3.8, 4) is 16.9 Å². The number of hydrogen-bond acceptors (Lipinski definition) is 2. The second-order valence-electron chi connectivity index (χ2n) is 4.29. The molecule has 0 aliphatic rings. The third kappa shape index (κ3) is 2.90. The Morgan fingerprint density at radius 2 is 1.72 bits per heavy atom. The van der Waals surface area contributed by atoms with E-state index in [9.17, 15) is 0 Å². The van der Waals surface area contributed by atoms with Crippen LogP contribution in [0.3, 0.4) is 0 Å². The van der Waals surface area contributed by atoms with Gasteiger partial charge in [0.2, 0.25) is 0 Å². The van der Waals surface area contributed by atoms with E-state index in [4.69, 9.17) is 10.5 Å². The third-order valence-corrected chi connectivity index (χ3v) is 3.04. The van der Waals surface area contributed by atoms with Crippen LogP contribution in [0.5, 0.6) is 5.75 Å². The van der Waals surface area contributed by atoms with E-state index in [1.165, 1.54) is 11.1 Å². The summed E-state index contributed by atoms with van der Waals surface area (Å²) in [5.74, 6) is 0.909. The van der Waals surface area contributed by atoms with Gasteiger partial charge < -0.3 is 10.5 Å². The Labute approximate surface area is 108 Å². The van der Waals surface area contributed by atoms with E-state index in [1.807, 2.05) is 18.2 Å². The molecule has 0 unspecified atom stereocenters. The van der Waals surface area contributed by atoms with E-state index in [0.29, 0.717) is 0 Å². The van der Waals surface area contributed by atoms with Crippen molar-refractivity contribution in [3.63, 3.8) is 0 Å². The third-order valence-electron chi connectivity index (χ3n) is 3.04. The molecule has 0 aliphatic carbocycles. The van der Waals surface area contributed by atoms with Crippen LogP contribution in [0.25, 0.3) is 11.1 Å². The maximum absolute atomic E-state index is 5.52. The molecule has 2 aromatic rings. The van der Waals surface area contributed by atoms with E-state index in [1.54, 1.807) is 7.11 Å². The minimum atomic E-state index is 0.744. The Kier molecular flexibility index (Phi) is 4.37. The molecule has 2 rings (SSSR count). The van der Waals surface area contributed by atoms with Crippen molar-refractivity contribution in [1.82, 2.24) is 0 Å². The molecule has 0 amide bonds. The number of para-hydroxylation sites is 1. The minimum Gasteiger partial charge on any atom is -0.496 e. The SMILES string of the molecule is COc1ccccc1-c1ccc(CCCN)cc1. The van der Waals surface area contributed by atoms with Crippen molar-refractivity contribution in [1.29, 1.82) is 0 Å². The molecule has 0 heterocycles. The highest BCUT2D eigenvalue weighted by atomic mass is 16.5. The van der Waals surface area contributed by atoms with Crippen molar-refractivity contribution in [2.45, 2.75) is 12.8 Å². The smallest absolute Gasteiger partial charge is 0.126 e. The fourth-order valence-corrected chi connectivity index (χ4v) is 2.04. The Morgan fingerprint density at radius 1 is 1.00 bits per heavy atom. The zero-order valence-corrected chi connectivity index (χ0v) is 10.7. The Morgan fingerprint density at radius 3 is 2.39 bits per heavy atom. The average molecular weight is 241 g/mol. The van der Waals surface area contributed by atoms with Crippen LogP contribution in [0.15, 0.2) is 48.5 Å². The largest absolute Gasteiger partial charge is 0.496 e. The lowest BCUT2D eigenvalue weighted by molar-refractivity contribution is 0.416. The van der Waals surface area contributed by atoms with Gasteiger partial charge in [-0.25, -0.2) is 0 Å². The van der Waals surface area contributed by atoms with Gasteiger partial charge in [0.1, 0.15) is 5.75 Å². The number of ether oxygens (including phenoxy) is 1. The molecule has 2 heteroatoms. The summed E-state index contributed by atoms with van der Waals surface area (Å²) in [6.07, 6.45) is 2.08. The van der Waals surface area contributed by atoms with Gasteiger partial charge in [0.05, 0.1) is 7.11 Å². The molecule has 2 nitrogen and oxygen atoms in total. The Balaban J connectivity index is 2.23. The van der Waals surface area contributed by atoms with Crippen molar-refractivity contribution < 1.29 is 4.74 Å². The zero-order valence-electron chi connectivity index (χ0n) is 10.7. The molecule has 0 fully saturated rings. The minimum absolute atomic E-state index is 0.744. The number of nitrogens with two attached hydrogens (primary N) is 1. The first-order valence-electron chi connectivity index (χ1n) is 6.27.